The zero-order chi connectivity index (χ0) is 12.1. The van der Waals surface area contributed by atoms with Crippen molar-refractivity contribution in [2.45, 2.75) is 5.92 Å². The molecular formula is C11H15NO4. The van der Waals surface area contributed by atoms with Crippen LogP contribution in [-0.4, -0.2) is 26.7 Å². The van der Waals surface area contributed by atoms with E-state index in [-0.39, 0.29) is 6.54 Å². The molecule has 0 aromatic heterocycles. The Balaban J connectivity index is 3.11. The summed E-state index contributed by atoms with van der Waals surface area (Å²) in [5, 5.41) is 10.9. The van der Waals surface area contributed by atoms with Crippen LogP contribution in [0.4, 0.5) is 0 Å². The molecule has 0 spiro atoms. The van der Waals surface area contributed by atoms with Crippen molar-refractivity contribution in [1.29, 1.82) is 0 Å². The molecule has 0 saturated heterocycles. The van der Waals surface area contributed by atoms with Gasteiger partial charge in [0, 0.05) is 0 Å². The SMILES string of the molecule is COc1ccc([C@@H](C[NH3+])C(=O)[O-])cc1OC. The van der Waals surface area contributed by atoms with E-state index in [1.807, 2.05) is 0 Å². The molecule has 0 fully saturated rings. The van der Waals surface area contributed by atoms with Crippen molar-refractivity contribution in [2.24, 2.45) is 0 Å². The summed E-state index contributed by atoms with van der Waals surface area (Å²) in [5.41, 5.74) is 4.19. The molecule has 5 nitrogen and oxygen atoms in total. The van der Waals surface area contributed by atoms with Gasteiger partial charge in [0.15, 0.2) is 11.5 Å². The van der Waals surface area contributed by atoms with Gasteiger partial charge in [0.2, 0.25) is 0 Å². The topological polar surface area (TPSA) is 86.2 Å². The zero-order valence-corrected chi connectivity index (χ0v) is 9.36. The van der Waals surface area contributed by atoms with Crippen molar-refractivity contribution in [3.63, 3.8) is 0 Å². The number of carbonyl (C=O) groups excluding carboxylic acids is 1. The van der Waals surface area contributed by atoms with Gasteiger partial charge in [-0.2, -0.15) is 0 Å². The summed E-state index contributed by atoms with van der Waals surface area (Å²) >= 11 is 0. The highest BCUT2D eigenvalue weighted by molar-refractivity contribution is 5.74. The fraction of sp³-hybridized carbons (Fsp3) is 0.364. The first-order valence-corrected chi connectivity index (χ1v) is 4.86. The summed E-state index contributed by atoms with van der Waals surface area (Å²) in [7, 11) is 3.02. The van der Waals surface area contributed by atoms with E-state index in [4.69, 9.17) is 9.47 Å². The number of ether oxygens (including phenoxy) is 2. The van der Waals surface area contributed by atoms with Gasteiger partial charge in [-0.1, -0.05) is 6.07 Å². The molecule has 1 aromatic carbocycles. The molecular weight excluding hydrogens is 210 g/mol. The van der Waals surface area contributed by atoms with Crippen molar-refractivity contribution in [3.8, 4) is 11.5 Å². The monoisotopic (exact) mass is 225 g/mol. The third-order valence-electron chi connectivity index (χ3n) is 2.38. The van der Waals surface area contributed by atoms with Gasteiger partial charge in [-0.3, -0.25) is 0 Å². The summed E-state index contributed by atoms with van der Waals surface area (Å²) in [4.78, 5) is 10.9. The molecule has 1 atom stereocenters. The van der Waals surface area contributed by atoms with Crippen LogP contribution in [0.25, 0.3) is 0 Å². The summed E-state index contributed by atoms with van der Waals surface area (Å²) in [6.45, 7) is 0.234. The number of hydrogen-bond acceptors (Lipinski definition) is 4. The second-order valence-corrected chi connectivity index (χ2v) is 3.27. The number of carbonyl (C=O) groups is 1. The Bertz CT molecular complexity index is 378. The number of carboxylic acids is 1. The number of methoxy groups -OCH3 is 2. The van der Waals surface area contributed by atoms with Crippen molar-refractivity contribution < 1.29 is 25.1 Å². The predicted molar refractivity (Wildman–Crippen MR) is 55.0 cm³/mol. The van der Waals surface area contributed by atoms with E-state index < -0.39 is 11.9 Å². The minimum Gasteiger partial charge on any atom is -0.549 e. The molecule has 0 aliphatic rings. The van der Waals surface area contributed by atoms with Crippen LogP contribution in [0.1, 0.15) is 11.5 Å². The van der Waals surface area contributed by atoms with E-state index >= 15 is 0 Å². The van der Waals surface area contributed by atoms with Crippen LogP contribution < -0.4 is 20.3 Å². The second kappa shape index (κ2) is 5.37. The van der Waals surface area contributed by atoms with Gasteiger partial charge in [-0.15, -0.1) is 0 Å². The standard InChI is InChI=1S/C11H15NO4/c1-15-9-4-3-7(5-10(9)16-2)8(6-12)11(13)14/h3-5,8H,6,12H2,1-2H3,(H,13,14)/t8-/m1/s1. The van der Waals surface area contributed by atoms with Gasteiger partial charge in [0.25, 0.3) is 0 Å². The first-order chi connectivity index (χ1) is 7.63. The molecule has 0 aliphatic heterocycles. The Morgan fingerprint density at radius 1 is 1.38 bits per heavy atom. The fourth-order valence-electron chi connectivity index (χ4n) is 1.49. The molecule has 88 valence electrons. The molecule has 0 heterocycles. The van der Waals surface area contributed by atoms with E-state index in [2.05, 4.69) is 5.73 Å². The van der Waals surface area contributed by atoms with Gasteiger partial charge < -0.3 is 25.1 Å². The minimum atomic E-state index is -1.14. The summed E-state index contributed by atoms with van der Waals surface area (Å²) in [5.74, 6) is -0.797. The third-order valence-corrected chi connectivity index (χ3v) is 2.38. The van der Waals surface area contributed by atoms with Gasteiger partial charge >= 0.3 is 0 Å². The predicted octanol–water partition coefficient (Wildman–Crippen LogP) is -1.22. The molecule has 3 N–H and O–H groups in total. The molecule has 1 aromatic rings. The maximum Gasteiger partial charge on any atom is 0.161 e. The van der Waals surface area contributed by atoms with E-state index in [0.29, 0.717) is 17.1 Å². The van der Waals surface area contributed by atoms with Crippen molar-refractivity contribution >= 4 is 5.97 Å². The maximum absolute atomic E-state index is 10.9. The second-order valence-electron chi connectivity index (χ2n) is 3.27. The molecule has 0 radical (unpaired) electrons. The van der Waals surface area contributed by atoms with Crippen LogP contribution in [0.2, 0.25) is 0 Å². The Morgan fingerprint density at radius 2 is 2.00 bits per heavy atom. The molecule has 0 aliphatic carbocycles. The average Bonchev–Trinajstić information content (AvgIpc) is 2.29. The van der Waals surface area contributed by atoms with Crippen LogP contribution in [0.5, 0.6) is 11.5 Å². The first kappa shape index (κ1) is 12.3. The molecule has 0 bridgehead atoms. The normalized spacial score (nSPS) is 11.9. The van der Waals surface area contributed by atoms with Crippen molar-refractivity contribution in [1.82, 2.24) is 0 Å². The highest BCUT2D eigenvalue weighted by atomic mass is 16.5. The van der Waals surface area contributed by atoms with E-state index in [1.165, 1.54) is 14.2 Å². The van der Waals surface area contributed by atoms with Crippen LogP contribution >= 0.6 is 0 Å². The number of carboxylic acid groups (broad SMARTS) is 1. The highest BCUT2D eigenvalue weighted by Crippen LogP contribution is 2.30. The van der Waals surface area contributed by atoms with E-state index in [1.54, 1.807) is 18.2 Å². The van der Waals surface area contributed by atoms with Crippen molar-refractivity contribution in [3.05, 3.63) is 23.8 Å². The number of benzene rings is 1. The lowest BCUT2D eigenvalue weighted by Crippen LogP contribution is -2.56. The molecule has 16 heavy (non-hydrogen) atoms. The lowest BCUT2D eigenvalue weighted by molar-refractivity contribution is -0.379. The summed E-state index contributed by atoms with van der Waals surface area (Å²) in [6.07, 6.45) is 0. The first-order valence-electron chi connectivity index (χ1n) is 4.86. The lowest BCUT2D eigenvalue weighted by atomic mass is 9.99. The van der Waals surface area contributed by atoms with Gasteiger partial charge in [0.1, 0.15) is 0 Å². The summed E-state index contributed by atoms with van der Waals surface area (Å²) in [6, 6.07) is 4.97. The Kier molecular flexibility index (Phi) is 4.13. The smallest absolute Gasteiger partial charge is 0.161 e. The molecule has 5 heteroatoms. The van der Waals surface area contributed by atoms with Crippen LogP contribution in [0.15, 0.2) is 18.2 Å². The fourth-order valence-corrected chi connectivity index (χ4v) is 1.49. The third kappa shape index (κ3) is 2.43. The Labute approximate surface area is 93.8 Å². The zero-order valence-electron chi connectivity index (χ0n) is 9.36. The Morgan fingerprint density at radius 3 is 2.44 bits per heavy atom. The quantitative estimate of drug-likeness (QED) is 0.680. The lowest BCUT2D eigenvalue weighted by Gasteiger charge is -2.16. The number of aliphatic carboxylic acids is 1. The largest absolute Gasteiger partial charge is 0.549 e. The molecule has 0 unspecified atom stereocenters. The van der Waals surface area contributed by atoms with Gasteiger partial charge in [0.05, 0.1) is 32.7 Å². The van der Waals surface area contributed by atoms with Crippen LogP contribution in [0, 0.1) is 0 Å². The van der Waals surface area contributed by atoms with E-state index in [0.717, 1.165) is 0 Å². The average molecular weight is 225 g/mol. The minimum absolute atomic E-state index is 0.234. The Hall–Kier alpha value is -1.75. The van der Waals surface area contributed by atoms with Crippen LogP contribution in [0.3, 0.4) is 0 Å². The molecule has 0 amide bonds. The maximum atomic E-state index is 10.9. The highest BCUT2D eigenvalue weighted by Gasteiger charge is 2.15. The summed E-state index contributed by atoms with van der Waals surface area (Å²) < 4.78 is 10.2. The number of quaternary nitrogens is 1. The van der Waals surface area contributed by atoms with Gasteiger partial charge in [-0.25, -0.2) is 0 Å². The van der Waals surface area contributed by atoms with Gasteiger partial charge in [-0.05, 0) is 17.7 Å². The van der Waals surface area contributed by atoms with Crippen molar-refractivity contribution in [2.75, 3.05) is 20.8 Å². The van der Waals surface area contributed by atoms with Crippen LogP contribution in [-0.2, 0) is 4.79 Å². The van der Waals surface area contributed by atoms with E-state index in [9.17, 15) is 9.90 Å². The number of hydrogen-bond donors (Lipinski definition) is 1. The molecule has 0 saturated carbocycles. The number of rotatable bonds is 5. The molecule has 1 rings (SSSR count).